The molecule has 0 bridgehead atoms. The van der Waals surface area contributed by atoms with Gasteiger partial charge in [0, 0.05) is 38.9 Å². The van der Waals surface area contributed by atoms with Crippen molar-refractivity contribution in [3.63, 3.8) is 0 Å². The number of hydrogen-bond acceptors (Lipinski definition) is 4. The average molecular weight is 407 g/mol. The number of carbonyl (C=O) groups excluding carboxylic acids is 1. The number of methoxy groups -OCH3 is 1. The van der Waals surface area contributed by atoms with Gasteiger partial charge in [0.05, 0.1) is 17.8 Å². The number of ether oxygens (including phenoxy) is 1. The summed E-state index contributed by atoms with van der Waals surface area (Å²) in [5, 5.41) is 4.22. The molecule has 1 aliphatic rings. The lowest BCUT2D eigenvalue weighted by molar-refractivity contribution is -0.136. The van der Waals surface area contributed by atoms with Crippen molar-refractivity contribution in [2.75, 3.05) is 33.3 Å². The molecule has 0 aliphatic carbocycles. The minimum absolute atomic E-state index is 0.122. The molecule has 6 nitrogen and oxygen atoms in total. The Kier molecular flexibility index (Phi) is 5.75. The van der Waals surface area contributed by atoms with Crippen LogP contribution in [-0.2, 0) is 11.3 Å². The fourth-order valence-corrected chi connectivity index (χ4v) is 3.36. The fourth-order valence-electron chi connectivity index (χ4n) is 3.06. The predicted molar refractivity (Wildman–Crippen MR) is 99.5 cm³/mol. The Hall–Kier alpha value is -1.86. The Morgan fingerprint density at radius 1 is 1.32 bits per heavy atom. The van der Waals surface area contributed by atoms with E-state index >= 15 is 0 Å². The first-order chi connectivity index (χ1) is 12.1. The SMILES string of the molecule is COc1cccc(CN2CCN(C(=O)C(C)n3cc(Br)cn3)CC2)c1. The molecule has 1 saturated heterocycles. The van der Waals surface area contributed by atoms with Gasteiger partial charge in [0.2, 0.25) is 5.91 Å². The standard InChI is InChI=1S/C18H23BrN4O2/c1-14(23-13-16(19)11-20-23)18(24)22-8-6-21(7-9-22)12-15-4-3-5-17(10-15)25-2/h3-5,10-11,13-14H,6-9,12H2,1-2H3. The van der Waals surface area contributed by atoms with Gasteiger partial charge in [-0.1, -0.05) is 12.1 Å². The van der Waals surface area contributed by atoms with Crippen molar-refractivity contribution in [1.82, 2.24) is 19.6 Å². The van der Waals surface area contributed by atoms with Gasteiger partial charge in [-0.15, -0.1) is 0 Å². The molecule has 1 amide bonds. The smallest absolute Gasteiger partial charge is 0.247 e. The molecule has 1 atom stereocenters. The topological polar surface area (TPSA) is 50.6 Å². The normalized spacial score (nSPS) is 16.7. The molecular formula is C18H23BrN4O2. The summed E-state index contributed by atoms with van der Waals surface area (Å²) >= 11 is 3.37. The van der Waals surface area contributed by atoms with E-state index < -0.39 is 0 Å². The molecule has 1 fully saturated rings. The Labute approximate surface area is 156 Å². The van der Waals surface area contributed by atoms with Crippen LogP contribution in [0.5, 0.6) is 5.75 Å². The van der Waals surface area contributed by atoms with Crippen LogP contribution < -0.4 is 4.74 Å². The van der Waals surface area contributed by atoms with Crippen LogP contribution in [0.2, 0.25) is 0 Å². The van der Waals surface area contributed by atoms with Gasteiger partial charge in [-0.05, 0) is 40.5 Å². The minimum Gasteiger partial charge on any atom is -0.497 e. The molecule has 0 saturated carbocycles. The first-order valence-electron chi connectivity index (χ1n) is 8.40. The Bertz CT molecular complexity index is 725. The average Bonchev–Trinajstić information content (AvgIpc) is 3.07. The quantitative estimate of drug-likeness (QED) is 0.765. The number of aromatic nitrogens is 2. The zero-order valence-electron chi connectivity index (χ0n) is 14.6. The Morgan fingerprint density at radius 3 is 2.72 bits per heavy atom. The van der Waals surface area contributed by atoms with Crippen LogP contribution in [0.15, 0.2) is 41.1 Å². The number of hydrogen-bond donors (Lipinski definition) is 0. The van der Waals surface area contributed by atoms with E-state index in [4.69, 9.17) is 4.74 Å². The van der Waals surface area contributed by atoms with Gasteiger partial charge in [-0.3, -0.25) is 14.4 Å². The second-order valence-electron chi connectivity index (χ2n) is 6.27. The van der Waals surface area contributed by atoms with Crippen molar-refractivity contribution in [2.24, 2.45) is 0 Å². The van der Waals surface area contributed by atoms with Crippen molar-refractivity contribution in [2.45, 2.75) is 19.5 Å². The highest BCUT2D eigenvalue weighted by Crippen LogP contribution is 2.17. The van der Waals surface area contributed by atoms with Gasteiger partial charge in [-0.2, -0.15) is 5.10 Å². The summed E-state index contributed by atoms with van der Waals surface area (Å²) in [6.45, 7) is 6.01. The number of benzene rings is 1. The summed E-state index contributed by atoms with van der Waals surface area (Å²) in [5.74, 6) is 1.00. The van der Waals surface area contributed by atoms with E-state index in [-0.39, 0.29) is 11.9 Å². The molecule has 1 aromatic heterocycles. The molecule has 2 heterocycles. The molecule has 0 spiro atoms. The van der Waals surface area contributed by atoms with Crippen LogP contribution in [0.4, 0.5) is 0 Å². The van der Waals surface area contributed by atoms with Gasteiger partial charge in [-0.25, -0.2) is 0 Å². The summed E-state index contributed by atoms with van der Waals surface area (Å²) in [7, 11) is 1.68. The number of carbonyl (C=O) groups is 1. The summed E-state index contributed by atoms with van der Waals surface area (Å²) in [5.41, 5.74) is 1.23. The van der Waals surface area contributed by atoms with E-state index in [1.807, 2.05) is 30.2 Å². The molecule has 7 heteroatoms. The second-order valence-corrected chi connectivity index (χ2v) is 7.18. The maximum Gasteiger partial charge on any atom is 0.247 e. The summed E-state index contributed by atoms with van der Waals surface area (Å²) < 4.78 is 7.87. The van der Waals surface area contributed by atoms with E-state index in [0.29, 0.717) is 0 Å². The van der Waals surface area contributed by atoms with Crippen LogP contribution in [0, 0.1) is 0 Å². The minimum atomic E-state index is -0.281. The molecule has 1 aliphatic heterocycles. The summed E-state index contributed by atoms with van der Waals surface area (Å²) in [6, 6.07) is 7.86. The highest BCUT2D eigenvalue weighted by Gasteiger charge is 2.26. The predicted octanol–water partition coefficient (Wildman–Crippen LogP) is 2.56. The van der Waals surface area contributed by atoms with E-state index in [9.17, 15) is 4.79 Å². The summed E-state index contributed by atoms with van der Waals surface area (Å²) in [6.07, 6.45) is 3.54. The van der Waals surface area contributed by atoms with Crippen LogP contribution >= 0.6 is 15.9 Å². The molecule has 0 N–H and O–H groups in total. The third-order valence-electron chi connectivity index (χ3n) is 4.55. The zero-order chi connectivity index (χ0) is 17.8. The number of amides is 1. The molecular weight excluding hydrogens is 384 g/mol. The lowest BCUT2D eigenvalue weighted by Gasteiger charge is -2.36. The third-order valence-corrected chi connectivity index (χ3v) is 4.96. The number of nitrogens with zero attached hydrogens (tertiary/aromatic N) is 4. The molecule has 1 aromatic carbocycles. The van der Waals surface area contributed by atoms with Gasteiger partial charge in [0.25, 0.3) is 0 Å². The van der Waals surface area contributed by atoms with E-state index in [0.717, 1.165) is 42.9 Å². The lowest BCUT2D eigenvalue weighted by atomic mass is 10.1. The maximum atomic E-state index is 12.7. The van der Waals surface area contributed by atoms with Crippen molar-refractivity contribution in [3.8, 4) is 5.75 Å². The molecule has 2 aromatic rings. The fraction of sp³-hybridized carbons (Fsp3) is 0.444. The van der Waals surface area contributed by atoms with Crippen molar-refractivity contribution in [3.05, 3.63) is 46.7 Å². The van der Waals surface area contributed by atoms with Gasteiger partial charge in [0.1, 0.15) is 11.8 Å². The summed E-state index contributed by atoms with van der Waals surface area (Å²) in [4.78, 5) is 17.0. The number of halogens is 1. The highest BCUT2D eigenvalue weighted by atomic mass is 79.9. The van der Waals surface area contributed by atoms with Crippen LogP contribution in [0.1, 0.15) is 18.5 Å². The molecule has 0 radical (unpaired) electrons. The third kappa shape index (κ3) is 4.41. The van der Waals surface area contributed by atoms with Crippen LogP contribution in [0.3, 0.4) is 0 Å². The zero-order valence-corrected chi connectivity index (χ0v) is 16.1. The molecule has 3 rings (SSSR count). The van der Waals surface area contributed by atoms with Crippen LogP contribution in [-0.4, -0.2) is 58.8 Å². The van der Waals surface area contributed by atoms with E-state index in [1.165, 1.54) is 5.56 Å². The van der Waals surface area contributed by atoms with Crippen molar-refractivity contribution < 1.29 is 9.53 Å². The highest BCUT2D eigenvalue weighted by molar-refractivity contribution is 9.10. The lowest BCUT2D eigenvalue weighted by Crippen LogP contribution is -2.49. The number of rotatable bonds is 5. The van der Waals surface area contributed by atoms with E-state index in [1.54, 1.807) is 18.0 Å². The molecule has 25 heavy (non-hydrogen) atoms. The largest absolute Gasteiger partial charge is 0.497 e. The van der Waals surface area contributed by atoms with Crippen molar-refractivity contribution >= 4 is 21.8 Å². The van der Waals surface area contributed by atoms with E-state index in [2.05, 4.69) is 38.1 Å². The first-order valence-corrected chi connectivity index (χ1v) is 9.20. The van der Waals surface area contributed by atoms with Crippen LogP contribution in [0.25, 0.3) is 0 Å². The second kappa shape index (κ2) is 8.01. The maximum absolute atomic E-state index is 12.7. The van der Waals surface area contributed by atoms with Gasteiger partial charge in [0.15, 0.2) is 0 Å². The monoisotopic (exact) mass is 406 g/mol. The van der Waals surface area contributed by atoms with Gasteiger partial charge < -0.3 is 9.64 Å². The Morgan fingerprint density at radius 2 is 2.08 bits per heavy atom. The Balaban J connectivity index is 1.53. The van der Waals surface area contributed by atoms with Crippen molar-refractivity contribution in [1.29, 1.82) is 0 Å². The first kappa shape index (κ1) is 17.9. The molecule has 134 valence electrons. The molecule has 1 unspecified atom stereocenters. The number of piperazine rings is 1. The van der Waals surface area contributed by atoms with Gasteiger partial charge >= 0.3 is 0 Å².